The largest absolute Gasteiger partial charge is 0.465 e. The van der Waals surface area contributed by atoms with E-state index in [1.54, 1.807) is 17.7 Å². The third-order valence-electron chi connectivity index (χ3n) is 3.27. The normalized spacial score (nSPS) is 14.1. The summed E-state index contributed by atoms with van der Waals surface area (Å²) >= 11 is 1.37. The van der Waals surface area contributed by atoms with Crippen LogP contribution < -0.4 is 9.88 Å². The van der Waals surface area contributed by atoms with Crippen LogP contribution in [0.3, 0.4) is 0 Å². The van der Waals surface area contributed by atoms with Gasteiger partial charge in [-0.2, -0.15) is 0 Å². The van der Waals surface area contributed by atoms with E-state index >= 15 is 0 Å². The summed E-state index contributed by atoms with van der Waals surface area (Å²) < 4.78 is 6.49. The molecule has 0 fully saturated rings. The molecule has 6 nitrogen and oxygen atoms in total. The summed E-state index contributed by atoms with van der Waals surface area (Å²) in [5.41, 5.74) is 3.48. The van der Waals surface area contributed by atoms with Gasteiger partial charge >= 0.3 is 6.09 Å². The lowest BCUT2D eigenvalue weighted by Crippen LogP contribution is -2.41. The zero-order chi connectivity index (χ0) is 14.4. The van der Waals surface area contributed by atoms with E-state index in [9.17, 15) is 9.90 Å². The number of oxazole rings is 1. The Morgan fingerprint density at radius 1 is 1.38 bits per heavy atom. The molecule has 4 rings (SSSR count). The van der Waals surface area contributed by atoms with Crippen LogP contribution in [-0.4, -0.2) is 32.6 Å². The van der Waals surface area contributed by atoms with Crippen molar-refractivity contribution in [1.29, 1.82) is 0 Å². The Balaban J connectivity index is 2.05. The van der Waals surface area contributed by atoms with E-state index in [0.29, 0.717) is 22.7 Å². The summed E-state index contributed by atoms with van der Waals surface area (Å²) in [4.78, 5) is 21.3. The molecule has 1 aromatic carbocycles. The molecule has 0 atom stereocenters. The van der Waals surface area contributed by atoms with Gasteiger partial charge in [0, 0.05) is 6.54 Å². The van der Waals surface area contributed by atoms with E-state index in [2.05, 4.69) is 9.97 Å². The van der Waals surface area contributed by atoms with Crippen LogP contribution in [0.2, 0.25) is 0 Å². The fraction of sp³-hybridized carbons (Fsp3) is 0.0714. The number of hydrogen-bond donors (Lipinski definition) is 1. The highest BCUT2D eigenvalue weighted by Gasteiger charge is 2.26. The zero-order valence-corrected chi connectivity index (χ0v) is 11.5. The maximum absolute atomic E-state index is 11.5. The summed E-state index contributed by atoms with van der Waals surface area (Å²) in [6.45, 7) is 0.236. The second kappa shape index (κ2) is 4.42. The summed E-state index contributed by atoms with van der Waals surface area (Å²) in [6.07, 6.45) is 0.745. The number of benzene rings is 1. The maximum atomic E-state index is 11.5. The second-order valence-electron chi connectivity index (χ2n) is 4.50. The molecule has 21 heavy (non-hydrogen) atoms. The molecule has 1 amide bonds. The molecule has 1 N–H and O–H groups in total. The first-order chi connectivity index (χ1) is 10.2. The molecule has 0 spiro atoms. The molecular formula is C14H9N3O3S. The van der Waals surface area contributed by atoms with Crippen LogP contribution in [0.4, 0.5) is 4.79 Å². The molecule has 2 aromatic heterocycles. The average molecular weight is 299 g/mol. The van der Waals surface area contributed by atoms with Gasteiger partial charge in [-0.3, -0.25) is 4.90 Å². The molecule has 1 aliphatic heterocycles. The Labute approximate surface area is 122 Å². The number of para-hydroxylation sites is 2. The Morgan fingerprint density at radius 2 is 2.24 bits per heavy atom. The van der Waals surface area contributed by atoms with Crippen molar-refractivity contribution in [3.63, 3.8) is 0 Å². The van der Waals surface area contributed by atoms with Crippen LogP contribution in [0.25, 0.3) is 22.9 Å². The van der Waals surface area contributed by atoms with Crippen LogP contribution in [0, 0.1) is 0 Å². The summed E-state index contributed by atoms with van der Waals surface area (Å²) in [7, 11) is 0. The van der Waals surface area contributed by atoms with Gasteiger partial charge in [0.05, 0.1) is 15.4 Å². The minimum atomic E-state index is -1.04. The summed E-state index contributed by atoms with van der Waals surface area (Å²) in [6, 6.07) is 7.35. The molecule has 1 aliphatic rings. The van der Waals surface area contributed by atoms with E-state index in [1.165, 1.54) is 16.2 Å². The highest BCUT2D eigenvalue weighted by atomic mass is 32.1. The van der Waals surface area contributed by atoms with Crippen molar-refractivity contribution < 1.29 is 14.3 Å². The third kappa shape index (κ3) is 1.82. The fourth-order valence-corrected chi connectivity index (χ4v) is 3.17. The molecule has 0 saturated carbocycles. The van der Waals surface area contributed by atoms with Gasteiger partial charge in [0.2, 0.25) is 5.89 Å². The number of amides is 1. The Hall–Kier alpha value is -2.67. The molecule has 0 unspecified atom stereocenters. The molecule has 0 bridgehead atoms. The van der Waals surface area contributed by atoms with Gasteiger partial charge in [-0.25, -0.2) is 14.8 Å². The van der Waals surface area contributed by atoms with Crippen LogP contribution in [0.15, 0.2) is 34.2 Å². The monoisotopic (exact) mass is 299 g/mol. The summed E-state index contributed by atoms with van der Waals surface area (Å²) in [5, 5.41) is 10.2. The van der Waals surface area contributed by atoms with E-state index < -0.39 is 6.09 Å². The Morgan fingerprint density at radius 3 is 3.05 bits per heavy atom. The van der Waals surface area contributed by atoms with E-state index in [4.69, 9.17) is 4.42 Å². The lowest BCUT2D eigenvalue weighted by molar-refractivity contribution is 0.169. The molecule has 0 radical (unpaired) electrons. The number of hydrogen-bond acceptors (Lipinski definition) is 5. The second-order valence-corrected chi connectivity index (χ2v) is 5.35. The number of fused-ring (bicyclic) bond motifs is 2. The van der Waals surface area contributed by atoms with Gasteiger partial charge in [-0.05, 0) is 18.2 Å². The van der Waals surface area contributed by atoms with Crippen LogP contribution in [0.1, 0.15) is 5.89 Å². The number of aromatic nitrogens is 2. The van der Waals surface area contributed by atoms with Crippen molar-refractivity contribution in [1.82, 2.24) is 14.9 Å². The molecule has 0 aliphatic carbocycles. The number of carboxylic acid groups (broad SMARTS) is 1. The van der Waals surface area contributed by atoms with Gasteiger partial charge in [0.25, 0.3) is 0 Å². The predicted octanol–water partition coefficient (Wildman–Crippen LogP) is 1.21. The maximum Gasteiger partial charge on any atom is 0.412 e. The molecule has 7 heteroatoms. The minimum absolute atomic E-state index is 0.236. The lowest BCUT2D eigenvalue weighted by Gasteiger charge is -2.20. The minimum Gasteiger partial charge on any atom is -0.465 e. The quantitative estimate of drug-likeness (QED) is 0.730. The zero-order valence-electron chi connectivity index (χ0n) is 10.7. The topological polar surface area (TPSA) is 79.5 Å². The first kappa shape index (κ1) is 12.1. The molecule has 104 valence electrons. The van der Waals surface area contributed by atoms with Gasteiger partial charge in [0.15, 0.2) is 5.58 Å². The SMILES string of the molecule is O=C(O)N1CC=c2ncsc2=C1c1nc2ccccc2o1. The van der Waals surface area contributed by atoms with Crippen molar-refractivity contribution in [3.8, 4) is 0 Å². The van der Waals surface area contributed by atoms with Crippen molar-refractivity contribution in [3.05, 3.63) is 45.5 Å². The lowest BCUT2D eigenvalue weighted by atomic mass is 10.3. The van der Waals surface area contributed by atoms with Crippen molar-refractivity contribution in [2.45, 2.75) is 0 Å². The third-order valence-corrected chi connectivity index (χ3v) is 4.12. The first-order valence-corrected chi connectivity index (χ1v) is 7.12. The highest BCUT2D eigenvalue weighted by Crippen LogP contribution is 2.22. The van der Waals surface area contributed by atoms with Crippen molar-refractivity contribution >= 4 is 40.3 Å². The van der Waals surface area contributed by atoms with Crippen LogP contribution >= 0.6 is 11.3 Å². The van der Waals surface area contributed by atoms with Crippen molar-refractivity contribution in [2.75, 3.05) is 6.54 Å². The van der Waals surface area contributed by atoms with Crippen LogP contribution in [0.5, 0.6) is 0 Å². The van der Waals surface area contributed by atoms with E-state index in [-0.39, 0.29) is 6.54 Å². The van der Waals surface area contributed by atoms with Crippen LogP contribution in [-0.2, 0) is 0 Å². The number of nitrogens with zero attached hydrogens (tertiary/aromatic N) is 3. The average Bonchev–Trinajstić information content (AvgIpc) is 3.11. The summed E-state index contributed by atoms with van der Waals surface area (Å²) in [5.74, 6) is 0.303. The molecule has 0 saturated heterocycles. The first-order valence-electron chi connectivity index (χ1n) is 6.24. The van der Waals surface area contributed by atoms with Gasteiger partial charge in [0.1, 0.15) is 11.2 Å². The Bertz CT molecular complexity index is 940. The van der Waals surface area contributed by atoms with Gasteiger partial charge in [-0.1, -0.05) is 12.1 Å². The smallest absolute Gasteiger partial charge is 0.412 e. The van der Waals surface area contributed by atoms with E-state index in [0.717, 1.165) is 9.88 Å². The highest BCUT2D eigenvalue weighted by molar-refractivity contribution is 7.07. The predicted molar refractivity (Wildman–Crippen MR) is 77.1 cm³/mol. The van der Waals surface area contributed by atoms with Crippen molar-refractivity contribution in [2.24, 2.45) is 0 Å². The number of thiazole rings is 1. The van der Waals surface area contributed by atoms with Gasteiger partial charge in [-0.15, -0.1) is 11.3 Å². The standard InChI is InChI=1S/C14H9N3O3S/c18-14(19)17-6-5-9-12(21-7-15-9)11(17)13-16-8-3-1-2-4-10(8)20-13/h1-5,7H,6H2,(H,18,19). The van der Waals surface area contributed by atoms with E-state index in [1.807, 2.05) is 18.2 Å². The number of rotatable bonds is 1. The molecular weight excluding hydrogens is 290 g/mol. The molecule has 3 heterocycles. The Kier molecular flexibility index (Phi) is 2.55. The fourth-order valence-electron chi connectivity index (χ4n) is 2.33. The van der Waals surface area contributed by atoms with Gasteiger partial charge < -0.3 is 9.52 Å². The number of carbonyl (C=O) groups is 1. The molecule has 3 aromatic rings.